The van der Waals surface area contributed by atoms with E-state index in [-0.39, 0.29) is 11.8 Å². The van der Waals surface area contributed by atoms with Crippen LogP contribution < -0.4 is 5.32 Å². The number of aryl methyl sites for hydroxylation is 1. The second-order valence-corrected chi connectivity index (χ2v) is 8.39. The highest BCUT2D eigenvalue weighted by atomic mass is 16.2. The van der Waals surface area contributed by atoms with Crippen LogP contribution in [0.3, 0.4) is 0 Å². The topological polar surface area (TPSA) is 50.2 Å². The lowest BCUT2D eigenvalue weighted by atomic mass is 9.99. The lowest BCUT2D eigenvalue weighted by molar-refractivity contribution is -0.122. The van der Waals surface area contributed by atoms with E-state index < -0.39 is 0 Å². The quantitative estimate of drug-likeness (QED) is 0.855. The van der Waals surface area contributed by atoms with Crippen molar-refractivity contribution in [2.24, 2.45) is 18.9 Å². The molecule has 4 rings (SSSR count). The molecule has 5 heteroatoms. The number of nitrogens with zero attached hydrogens (tertiary/aromatic N) is 3. The maximum absolute atomic E-state index is 12.4. The summed E-state index contributed by atoms with van der Waals surface area (Å²) in [5, 5.41) is 7.30. The maximum atomic E-state index is 12.4. The molecular formula is C22H30N4O. The van der Waals surface area contributed by atoms with Gasteiger partial charge in [-0.3, -0.25) is 14.4 Å². The molecule has 144 valence electrons. The van der Waals surface area contributed by atoms with Gasteiger partial charge in [0.25, 0.3) is 0 Å². The normalized spacial score (nSPS) is 23.3. The monoisotopic (exact) mass is 366 g/mol. The number of nitrogens with one attached hydrogen (secondary N) is 1. The summed E-state index contributed by atoms with van der Waals surface area (Å²) in [5.74, 6) is 1.48. The summed E-state index contributed by atoms with van der Waals surface area (Å²) in [7, 11) is 1.91. The molecule has 2 atom stereocenters. The molecule has 2 fully saturated rings. The van der Waals surface area contributed by atoms with Gasteiger partial charge in [0.1, 0.15) is 0 Å². The first-order valence-electron chi connectivity index (χ1n) is 10.1. The van der Waals surface area contributed by atoms with Gasteiger partial charge >= 0.3 is 0 Å². The van der Waals surface area contributed by atoms with Gasteiger partial charge in [-0.05, 0) is 60.9 Å². The molecule has 5 nitrogen and oxygen atoms in total. The molecule has 1 amide bonds. The molecule has 0 spiro atoms. The lowest BCUT2D eigenvalue weighted by Gasteiger charge is -2.30. The van der Waals surface area contributed by atoms with Gasteiger partial charge in [-0.1, -0.05) is 31.2 Å². The first-order valence-corrected chi connectivity index (χ1v) is 10.1. The predicted octanol–water partition coefficient (Wildman–Crippen LogP) is 3.07. The largest absolute Gasteiger partial charge is 0.352 e. The minimum atomic E-state index is 0.106. The summed E-state index contributed by atoms with van der Waals surface area (Å²) < 4.78 is 1.80. The van der Waals surface area contributed by atoms with E-state index in [4.69, 9.17) is 0 Å². The predicted molar refractivity (Wildman–Crippen MR) is 106 cm³/mol. The summed E-state index contributed by atoms with van der Waals surface area (Å²) in [6, 6.07) is 8.70. The summed E-state index contributed by atoms with van der Waals surface area (Å²) in [6.45, 7) is 6.41. The van der Waals surface area contributed by atoms with Crippen LogP contribution in [0.1, 0.15) is 48.8 Å². The third-order valence-corrected chi connectivity index (χ3v) is 6.05. The van der Waals surface area contributed by atoms with E-state index in [1.54, 1.807) is 4.68 Å². The zero-order chi connectivity index (χ0) is 18.8. The van der Waals surface area contributed by atoms with Crippen LogP contribution in [0, 0.1) is 11.8 Å². The van der Waals surface area contributed by atoms with Crippen molar-refractivity contribution in [3.05, 3.63) is 53.3 Å². The van der Waals surface area contributed by atoms with Gasteiger partial charge in [0.2, 0.25) is 5.91 Å². The number of piperidine rings is 1. The number of benzene rings is 1. The van der Waals surface area contributed by atoms with Crippen molar-refractivity contribution in [2.75, 3.05) is 13.1 Å². The number of rotatable bonds is 6. The molecule has 1 saturated heterocycles. The minimum absolute atomic E-state index is 0.106. The molecule has 1 aromatic carbocycles. The molecule has 1 aliphatic carbocycles. The summed E-state index contributed by atoms with van der Waals surface area (Å²) >= 11 is 0. The summed E-state index contributed by atoms with van der Waals surface area (Å²) in [4.78, 5) is 14.9. The smallest absolute Gasteiger partial charge is 0.224 e. The number of carbonyl (C=O) groups is 1. The van der Waals surface area contributed by atoms with Crippen LogP contribution in [-0.4, -0.2) is 33.7 Å². The molecule has 1 saturated carbocycles. The van der Waals surface area contributed by atoms with Crippen molar-refractivity contribution < 1.29 is 4.79 Å². The summed E-state index contributed by atoms with van der Waals surface area (Å²) in [6.07, 6.45) is 7.45. The highest BCUT2D eigenvalue weighted by molar-refractivity contribution is 5.82. The van der Waals surface area contributed by atoms with Crippen LogP contribution in [0.25, 0.3) is 0 Å². The van der Waals surface area contributed by atoms with Gasteiger partial charge in [0, 0.05) is 32.3 Å². The first-order chi connectivity index (χ1) is 13.1. The zero-order valence-corrected chi connectivity index (χ0v) is 16.4. The van der Waals surface area contributed by atoms with E-state index >= 15 is 0 Å². The Bertz CT molecular complexity index is 774. The average Bonchev–Trinajstić information content (AvgIpc) is 3.36. The van der Waals surface area contributed by atoms with Crippen molar-refractivity contribution >= 4 is 5.91 Å². The molecule has 1 N–H and O–H groups in total. The van der Waals surface area contributed by atoms with Crippen LogP contribution in [0.4, 0.5) is 0 Å². The molecular weight excluding hydrogens is 336 g/mol. The Hall–Kier alpha value is -2.14. The lowest BCUT2D eigenvalue weighted by Crippen LogP contribution is -2.32. The van der Waals surface area contributed by atoms with Crippen LogP contribution in [0.5, 0.6) is 0 Å². The highest BCUT2D eigenvalue weighted by Crippen LogP contribution is 2.47. The fourth-order valence-electron chi connectivity index (χ4n) is 4.05. The molecule has 27 heavy (non-hydrogen) atoms. The highest BCUT2D eigenvalue weighted by Gasteiger charge is 2.44. The number of hydrogen-bond acceptors (Lipinski definition) is 3. The first kappa shape index (κ1) is 18.2. The van der Waals surface area contributed by atoms with Gasteiger partial charge in [-0.25, -0.2) is 0 Å². The minimum Gasteiger partial charge on any atom is -0.352 e. The van der Waals surface area contributed by atoms with E-state index in [1.165, 1.54) is 37.1 Å². The summed E-state index contributed by atoms with van der Waals surface area (Å²) in [5.41, 5.74) is 3.70. The zero-order valence-electron chi connectivity index (χ0n) is 16.4. The SMILES string of the molecule is CC1CCN(Cc2ccc(CNC(=O)C3CC3c3cnn(C)c3)cc2)CC1. The molecule has 1 aliphatic heterocycles. The van der Waals surface area contributed by atoms with Crippen molar-refractivity contribution in [1.82, 2.24) is 20.0 Å². The molecule has 2 unspecified atom stereocenters. The van der Waals surface area contributed by atoms with Crippen LogP contribution in [0.2, 0.25) is 0 Å². The number of carbonyl (C=O) groups excluding carboxylic acids is 1. The second kappa shape index (κ2) is 7.85. The van der Waals surface area contributed by atoms with Gasteiger partial charge < -0.3 is 5.32 Å². The van der Waals surface area contributed by atoms with E-state index in [1.807, 2.05) is 19.4 Å². The van der Waals surface area contributed by atoms with Crippen molar-refractivity contribution in [2.45, 2.75) is 45.2 Å². The Kier molecular flexibility index (Phi) is 5.30. The van der Waals surface area contributed by atoms with Crippen molar-refractivity contribution in [3.8, 4) is 0 Å². The Morgan fingerprint density at radius 3 is 2.56 bits per heavy atom. The van der Waals surface area contributed by atoms with Crippen LogP contribution in [0.15, 0.2) is 36.7 Å². The molecule has 2 aromatic rings. The van der Waals surface area contributed by atoms with E-state index in [0.29, 0.717) is 12.5 Å². The Morgan fingerprint density at radius 1 is 1.19 bits per heavy atom. The average molecular weight is 367 g/mol. The fourth-order valence-corrected chi connectivity index (χ4v) is 4.05. The van der Waals surface area contributed by atoms with E-state index in [9.17, 15) is 4.79 Å². The Morgan fingerprint density at radius 2 is 1.89 bits per heavy atom. The number of hydrogen-bond donors (Lipinski definition) is 1. The van der Waals surface area contributed by atoms with Gasteiger partial charge in [0.15, 0.2) is 0 Å². The van der Waals surface area contributed by atoms with Crippen LogP contribution >= 0.6 is 0 Å². The Labute approximate surface area is 161 Å². The molecule has 0 bridgehead atoms. The second-order valence-electron chi connectivity index (χ2n) is 8.39. The fraction of sp³-hybridized carbons (Fsp3) is 0.545. The number of likely N-dealkylation sites (tertiary alicyclic amines) is 1. The molecule has 2 aliphatic rings. The molecule has 2 heterocycles. The Balaban J connectivity index is 1.22. The van der Waals surface area contributed by atoms with E-state index in [2.05, 4.69) is 46.5 Å². The number of amides is 1. The van der Waals surface area contributed by atoms with Gasteiger partial charge in [0.05, 0.1) is 6.20 Å². The van der Waals surface area contributed by atoms with Crippen molar-refractivity contribution in [1.29, 1.82) is 0 Å². The van der Waals surface area contributed by atoms with Gasteiger partial charge in [-0.15, -0.1) is 0 Å². The van der Waals surface area contributed by atoms with Gasteiger partial charge in [-0.2, -0.15) is 5.10 Å². The maximum Gasteiger partial charge on any atom is 0.224 e. The van der Waals surface area contributed by atoms with Crippen molar-refractivity contribution in [3.63, 3.8) is 0 Å². The van der Waals surface area contributed by atoms with E-state index in [0.717, 1.165) is 24.4 Å². The molecule has 0 radical (unpaired) electrons. The molecule has 1 aromatic heterocycles. The third kappa shape index (κ3) is 4.59. The van der Waals surface area contributed by atoms with Crippen LogP contribution in [-0.2, 0) is 24.9 Å². The number of aromatic nitrogens is 2. The standard InChI is InChI=1S/C22H30N4O/c1-16-7-9-26(10-8-16)14-18-5-3-17(4-6-18)12-23-22(27)21-11-20(21)19-13-24-25(2)15-19/h3-6,13,15-16,20-21H,7-12,14H2,1-2H3,(H,23,27). The third-order valence-electron chi connectivity index (χ3n) is 6.05.